The summed E-state index contributed by atoms with van der Waals surface area (Å²) in [4.78, 5) is 15.5. The van der Waals surface area contributed by atoms with Crippen LogP contribution in [0.3, 0.4) is 0 Å². The van der Waals surface area contributed by atoms with Gasteiger partial charge in [0, 0.05) is 19.8 Å². The van der Waals surface area contributed by atoms with E-state index in [1.54, 1.807) is 6.07 Å². The van der Waals surface area contributed by atoms with Gasteiger partial charge in [0.15, 0.2) is 0 Å². The lowest BCUT2D eigenvalue weighted by atomic mass is 9.72. The zero-order chi connectivity index (χ0) is 21.0. The number of nitrogens with zero attached hydrogens (tertiary/aromatic N) is 1. The first kappa shape index (κ1) is 21.5. The van der Waals surface area contributed by atoms with Crippen molar-refractivity contribution in [1.29, 1.82) is 0 Å². The Labute approximate surface area is 173 Å². The highest BCUT2D eigenvalue weighted by Crippen LogP contribution is 2.36. The summed E-state index contributed by atoms with van der Waals surface area (Å²) in [5, 5.41) is 3.17. The van der Waals surface area contributed by atoms with Gasteiger partial charge in [-0.05, 0) is 64.0 Å². The SMILES string of the molecule is Cc1cc(C)cc(C2(C(=O)NCC(c3cccc(F)c3)N(C)C)CCOCC2)c1. The molecule has 0 spiro atoms. The van der Waals surface area contributed by atoms with Crippen LogP contribution in [0.2, 0.25) is 0 Å². The first-order valence-electron chi connectivity index (χ1n) is 10.2. The summed E-state index contributed by atoms with van der Waals surface area (Å²) in [6.07, 6.45) is 1.32. The topological polar surface area (TPSA) is 41.6 Å². The van der Waals surface area contributed by atoms with Crippen LogP contribution >= 0.6 is 0 Å². The predicted molar refractivity (Wildman–Crippen MR) is 113 cm³/mol. The van der Waals surface area contributed by atoms with Crippen LogP contribution in [0.5, 0.6) is 0 Å². The number of ether oxygens (including phenoxy) is 1. The predicted octanol–water partition coefficient (Wildman–Crippen LogP) is 3.91. The van der Waals surface area contributed by atoms with Crippen LogP contribution in [0.1, 0.15) is 41.1 Å². The van der Waals surface area contributed by atoms with E-state index in [0.29, 0.717) is 32.6 Å². The lowest BCUT2D eigenvalue weighted by molar-refractivity contribution is -0.130. The Hall–Kier alpha value is -2.24. The molecule has 29 heavy (non-hydrogen) atoms. The highest BCUT2D eigenvalue weighted by atomic mass is 19.1. The maximum absolute atomic E-state index is 13.7. The number of amides is 1. The number of likely N-dealkylation sites (N-methyl/N-ethyl adjacent to an activating group) is 1. The zero-order valence-electron chi connectivity index (χ0n) is 17.8. The smallest absolute Gasteiger partial charge is 0.230 e. The van der Waals surface area contributed by atoms with Gasteiger partial charge in [0.25, 0.3) is 0 Å². The highest BCUT2D eigenvalue weighted by Gasteiger charge is 2.42. The molecule has 1 amide bonds. The van der Waals surface area contributed by atoms with Crippen molar-refractivity contribution in [3.8, 4) is 0 Å². The van der Waals surface area contributed by atoms with E-state index in [-0.39, 0.29) is 17.8 Å². The molecule has 1 fully saturated rings. The largest absolute Gasteiger partial charge is 0.381 e. The quantitative estimate of drug-likeness (QED) is 0.802. The maximum Gasteiger partial charge on any atom is 0.230 e. The molecular formula is C24H31FN2O2. The third-order valence-corrected chi connectivity index (χ3v) is 5.87. The van der Waals surface area contributed by atoms with Crippen molar-refractivity contribution in [3.05, 3.63) is 70.5 Å². The number of halogens is 1. The monoisotopic (exact) mass is 398 g/mol. The van der Waals surface area contributed by atoms with Crippen molar-refractivity contribution in [2.24, 2.45) is 0 Å². The summed E-state index contributed by atoms with van der Waals surface area (Å²) in [5.41, 5.74) is 3.63. The van der Waals surface area contributed by atoms with Gasteiger partial charge in [0.1, 0.15) is 5.82 Å². The molecule has 0 aliphatic carbocycles. The van der Waals surface area contributed by atoms with Crippen molar-refractivity contribution in [2.75, 3.05) is 33.9 Å². The van der Waals surface area contributed by atoms with Crippen molar-refractivity contribution in [2.45, 2.75) is 38.1 Å². The minimum atomic E-state index is -0.589. The van der Waals surface area contributed by atoms with E-state index >= 15 is 0 Å². The van der Waals surface area contributed by atoms with E-state index < -0.39 is 5.41 Å². The Morgan fingerprint density at radius 3 is 2.38 bits per heavy atom. The minimum Gasteiger partial charge on any atom is -0.381 e. The van der Waals surface area contributed by atoms with Gasteiger partial charge in [-0.1, -0.05) is 41.5 Å². The minimum absolute atomic E-state index is 0.0223. The van der Waals surface area contributed by atoms with Gasteiger partial charge in [-0.2, -0.15) is 0 Å². The number of rotatable bonds is 6. The van der Waals surface area contributed by atoms with Crippen molar-refractivity contribution in [3.63, 3.8) is 0 Å². The van der Waals surface area contributed by atoms with Gasteiger partial charge < -0.3 is 15.0 Å². The van der Waals surface area contributed by atoms with Crippen LogP contribution in [0, 0.1) is 19.7 Å². The molecule has 1 heterocycles. The van der Waals surface area contributed by atoms with Gasteiger partial charge in [-0.3, -0.25) is 4.79 Å². The molecule has 0 saturated carbocycles. The summed E-state index contributed by atoms with van der Waals surface area (Å²) < 4.78 is 19.3. The molecule has 5 heteroatoms. The van der Waals surface area contributed by atoms with Crippen LogP contribution in [-0.4, -0.2) is 44.7 Å². The molecule has 1 unspecified atom stereocenters. The molecule has 1 aliphatic heterocycles. The zero-order valence-corrected chi connectivity index (χ0v) is 17.8. The molecule has 2 aromatic rings. The average molecular weight is 399 g/mol. The van der Waals surface area contributed by atoms with Crippen molar-refractivity contribution >= 4 is 5.91 Å². The molecule has 0 radical (unpaired) electrons. The number of aryl methyl sites for hydroxylation is 2. The van der Waals surface area contributed by atoms with E-state index in [9.17, 15) is 9.18 Å². The normalized spacial score (nSPS) is 17.2. The fourth-order valence-electron chi connectivity index (χ4n) is 4.29. The fourth-order valence-corrected chi connectivity index (χ4v) is 4.29. The van der Waals surface area contributed by atoms with E-state index in [0.717, 1.165) is 22.3 Å². The first-order chi connectivity index (χ1) is 13.8. The Morgan fingerprint density at radius 1 is 1.14 bits per heavy atom. The molecule has 0 aromatic heterocycles. The molecule has 1 saturated heterocycles. The van der Waals surface area contributed by atoms with Crippen LogP contribution in [0.4, 0.5) is 4.39 Å². The van der Waals surface area contributed by atoms with Gasteiger partial charge in [0.05, 0.1) is 11.5 Å². The molecule has 4 nitrogen and oxygen atoms in total. The Balaban J connectivity index is 1.85. The van der Waals surface area contributed by atoms with Gasteiger partial charge >= 0.3 is 0 Å². The highest BCUT2D eigenvalue weighted by molar-refractivity contribution is 5.88. The maximum atomic E-state index is 13.7. The second kappa shape index (κ2) is 9.06. The Bertz CT molecular complexity index is 839. The van der Waals surface area contributed by atoms with E-state index in [2.05, 4.69) is 37.4 Å². The first-order valence-corrected chi connectivity index (χ1v) is 10.2. The third-order valence-electron chi connectivity index (χ3n) is 5.87. The van der Waals surface area contributed by atoms with Crippen LogP contribution < -0.4 is 5.32 Å². The van der Waals surface area contributed by atoms with Crippen molar-refractivity contribution < 1.29 is 13.9 Å². The number of benzene rings is 2. The second-order valence-corrected chi connectivity index (χ2v) is 8.32. The van der Waals surface area contributed by atoms with Gasteiger partial charge in [-0.25, -0.2) is 4.39 Å². The number of carbonyl (C=O) groups excluding carboxylic acids is 1. The van der Waals surface area contributed by atoms with Crippen LogP contribution in [0.15, 0.2) is 42.5 Å². The number of hydrogen-bond donors (Lipinski definition) is 1. The summed E-state index contributed by atoms with van der Waals surface area (Å²) in [7, 11) is 3.88. The molecular weight excluding hydrogens is 367 g/mol. The Kier molecular flexibility index (Phi) is 6.70. The van der Waals surface area contributed by atoms with Crippen LogP contribution in [0.25, 0.3) is 0 Å². The summed E-state index contributed by atoms with van der Waals surface area (Å²) in [6.45, 7) is 5.69. The molecule has 1 atom stereocenters. The number of hydrogen-bond acceptors (Lipinski definition) is 3. The second-order valence-electron chi connectivity index (χ2n) is 8.32. The Morgan fingerprint density at radius 2 is 1.79 bits per heavy atom. The molecule has 2 aromatic carbocycles. The summed E-state index contributed by atoms with van der Waals surface area (Å²) in [6, 6.07) is 12.8. The van der Waals surface area contributed by atoms with Gasteiger partial charge in [0.2, 0.25) is 5.91 Å². The molecule has 1 aliphatic rings. The molecule has 0 bridgehead atoms. The van der Waals surface area contributed by atoms with Gasteiger partial charge in [-0.15, -0.1) is 0 Å². The molecule has 3 rings (SSSR count). The molecule has 1 N–H and O–H groups in total. The number of carbonyl (C=O) groups is 1. The summed E-state index contributed by atoms with van der Waals surface area (Å²) in [5.74, 6) is -0.245. The summed E-state index contributed by atoms with van der Waals surface area (Å²) >= 11 is 0. The van der Waals surface area contributed by atoms with Crippen molar-refractivity contribution in [1.82, 2.24) is 10.2 Å². The molecule has 156 valence electrons. The number of nitrogens with one attached hydrogen (secondary N) is 1. The van der Waals surface area contributed by atoms with E-state index in [1.807, 2.05) is 25.1 Å². The standard InChI is InChI=1S/C24H31FN2O2/c1-17-12-18(2)14-20(13-17)24(8-10-29-11-9-24)23(28)26-16-22(27(3)4)19-6-5-7-21(25)15-19/h5-7,12-15,22H,8-11,16H2,1-4H3,(H,26,28). The van der Waals surface area contributed by atoms with E-state index in [4.69, 9.17) is 4.74 Å². The lowest BCUT2D eigenvalue weighted by Crippen LogP contribution is -2.49. The fraction of sp³-hybridized carbons (Fsp3) is 0.458. The van der Waals surface area contributed by atoms with Crippen LogP contribution in [-0.2, 0) is 14.9 Å². The third kappa shape index (κ3) is 4.85. The van der Waals surface area contributed by atoms with E-state index in [1.165, 1.54) is 12.1 Å². The average Bonchev–Trinajstić information content (AvgIpc) is 2.67. The lowest BCUT2D eigenvalue weighted by Gasteiger charge is -2.37.